The topological polar surface area (TPSA) is 51.8 Å². The van der Waals surface area contributed by atoms with E-state index < -0.39 is 0 Å². The largest absolute Gasteiger partial charge is 0.440 e. The molecule has 0 radical (unpaired) electrons. The zero-order valence-electron chi connectivity index (χ0n) is 6.35. The van der Waals surface area contributed by atoms with Crippen molar-refractivity contribution in [1.82, 2.24) is 15.0 Å². The van der Waals surface area contributed by atoms with Gasteiger partial charge in [-0.2, -0.15) is 0 Å². The van der Waals surface area contributed by atoms with Crippen LogP contribution >= 0.6 is 23.4 Å². The smallest absolute Gasteiger partial charge is 0.261 e. The molecule has 13 heavy (non-hydrogen) atoms. The molecule has 0 N–H and O–H groups in total. The molecule has 0 atom stereocenters. The third-order valence-electron chi connectivity index (χ3n) is 1.20. The van der Waals surface area contributed by atoms with Crippen molar-refractivity contribution in [3.63, 3.8) is 0 Å². The van der Waals surface area contributed by atoms with Gasteiger partial charge in [0.15, 0.2) is 0 Å². The fraction of sp³-hybridized carbons (Fsp3) is 0. The Bertz CT molecular complexity index is 392. The van der Waals surface area contributed by atoms with Crippen molar-refractivity contribution in [3.05, 3.63) is 30.0 Å². The Labute approximate surface area is 83.4 Å². The molecule has 0 amide bonds. The second kappa shape index (κ2) is 3.76. The van der Waals surface area contributed by atoms with Crippen molar-refractivity contribution in [2.24, 2.45) is 0 Å². The first-order valence-electron chi connectivity index (χ1n) is 3.40. The molecule has 0 saturated carbocycles. The average molecular weight is 214 g/mol. The molecule has 0 spiro atoms. The maximum Gasteiger partial charge on any atom is 0.261 e. The monoisotopic (exact) mass is 213 g/mol. The first-order valence-corrected chi connectivity index (χ1v) is 4.60. The van der Waals surface area contributed by atoms with Crippen LogP contribution in [0.1, 0.15) is 0 Å². The number of halogens is 1. The molecule has 6 heteroatoms. The number of aromatic nitrogens is 3. The summed E-state index contributed by atoms with van der Waals surface area (Å²) in [6.45, 7) is 0. The zero-order chi connectivity index (χ0) is 9.10. The van der Waals surface area contributed by atoms with Crippen LogP contribution in [-0.4, -0.2) is 15.0 Å². The van der Waals surface area contributed by atoms with Crippen LogP contribution in [0.15, 0.2) is 39.4 Å². The number of oxazole rings is 1. The molecule has 0 aliphatic carbocycles. The molecule has 4 nitrogen and oxygen atoms in total. The van der Waals surface area contributed by atoms with Gasteiger partial charge >= 0.3 is 0 Å². The van der Waals surface area contributed by atoms with Gasteiger partial charge in [-0.25, -0.2) is 15.0 Å². The predicted molar refractivity (Wildman–Crippen MR) is 47.7 cm³/mol. The predicted octanol–water partition coefficient (Wildman–Crippen LogP) is 2.27. The van der Waals surface area contributed by atoms with E-state index >= 15 is 0 Å². The number of hydrogen-bond donors (Lipinski definition) is 0. The second-order valence-corrected chi connectivity index (χ2v) is 3.37. The summed E-state index contributed by atoms with van der Waals surface area (Å²) in [5.41, 5.74) is 0. The van der Waals surface area contributed by atoms with Gasteiger partial charge in [-0.1, -0.05) is 0 Å². The molecule has 0 bridgehead atoms. The Balaban J connectivity index is 2.19. The molecule has 2 heterocycles. The van der Waals surface area contributed by atoms with Crippen LogP contribution < -0.4 is 0 Å². The fourth-order valence-electron chi connectivity index (χ4n) is 0.727. The van der Waals surface area contributed by atoms with Gasteiger partial charge in [-0.15, -0.1) is 0 Å². The molecular formula is C7H4ClN3OS. The molecule has 2 aromatic rings. The van der Waals surface area contributed by atoms with Crippen LogP contribution in [0.2, 0.25) is 5.28 Å². The first kappa shape index (κ1) is 8.52. The van der Waals surface area contributed by atoms with Crippen molar-refractivity contribution >= 4 is 23.4 Å². The van der Waals surface area contributed by atoms with E-state index in [9.17, 15) is 0 Å². The SMILES string of the molecule is Clc1nccc(Sc2ncco2)n1. The minimum Gasteiger partial charge on any atom is -0.440 e. The average Bonchev–Trinajstić information content (AvgIpc) is 2.57. The molecule has 0 saturated heterocycles. The summed E-state index contributed by atoms with van der Waals surface area (Å²) in [6.07, 6.45) is 4.66. The van der Waals surface area contributed by atoms with Crippen molar-refractivity contribution < 1.29 is 4.42 Å². The Morgan fingerprint density at radius 2 is 2.23 bits per heavy atom. The van der Waals surface area contributed by atoms with E-state index in [4.69, 9.17) is 16.0 Å². The summed E-state index contributed by atoms with van der Waals surface area (Å²) in [5.74, 6) is 0. The summed E-state index contributed by atoms with van der Waals surface area (Å²) in [5, 5.41) is 1.47. The van der Waals surface area contributed by atoms with Crippen LogP contribution in [0.4, 0.5) is 0 Å². The van der Waals surface area contributed by atoms with E-state index in [1.165, 1.54) is 18.0 Å². The number of rotatable bonds is 2. The Kier molecular flexibility index (Phi) is 2.47. The van der Waals surface area contributed by atoms with Crippen LogP contribution in [0.5, 0.6) is 0 Å². The van der Waals surface area contributed by atoms with Crippen molar-refractivity contribution in [2.75, 3.05) is 0 Å². The first-order chi connectivity index (χ1) is 6.34. The summed E-state index contributed by atoms with van der Waals surface area (Å²) < 4.78 is 5.03. The van der Waals surface area contributed by atoms with Gasteiger partial charge in [0.1, 0.15) is 11.3 Å². The maximum atomic E-state index is 5.60. The molecule has 0 aliphatic rings. The highest BCUT2D eigenvalue weighted by atomic mass is 35.5. The summed E-state index contributed by atoms with van der Waals surface area (Å²) in [6, 6.07) is 1.74. The van der Waals surface area contributed by atoms with Gasteiger partial charge < -0.3 is 4.42 Å². The van der Waals surface area contributed by atoms with Crippen LogP contribution in [0, 0.1) is 0 Å². The fourth-order valence-corrected chi connectivity index (χ4v) is 1.58. The van der Waals surface area contributed by atoms with Gasteiger partial charge in [0, 0.05) is 6.20 Å². The van der Waals surface area contributed by atoms with E-state index in [1.54, 1.807) is 18.5 Å². The zero-order valence-corrected chi connectivity index (χ0v) is 7.92. The summed E-state index contributed by atoms with van der Waals surface area (Å²) in [7, 11) is 0. The molecule has 2 rings (SSSR count). The normalized spacial score (nSPS) is 10.2. The van der Waals surface area contributed by atoms with Crippen LogP contribution in [0.3, 0.4) is 0 Å². The molecular weight excluding hydrogens is 210 g/mol. The number of hydrogen-bond acceptors (Lipinski definition) is 5. The Morgan fingerprint density at radius 1 is 1.31 bits per heavy atom. The summed E-state index contributed by atoms with van der Waals surface area (Å²) in [4.78, 5) is 11.7. The van der Waals surface area contributed by atoms with Crippen molar-refractivity contribution in [2.45, 2.75) is 10.2 Å². The van der Waals surface area contributed by atoms with Crippen LogP contribution in [0.25, 0.3) is 0 Å². The van der Waals surface area contributed by atoms with E-state index in [0.29, 0.717) is 10.2 Å². The van der Waals surface area contributed by atoms with Gasteiger partial charge in [-0.05, 0) is 29.4 Å². The quantitative estimate of drug-likeness (QED) is 0.566. The third kappa shape index (κ3) is 2.19. The van der Waals surface area contributed by atoms with Gasteiger partial charge in [0.05, 0.1) is 6.20 Å². The summed E-state index contributed by atoms with van der Waals surface area (Å²) >= 11 is 6.89. The van der Waals surface area contributed by atoms with Gasteiger partial charge in [-0.3, -0.25) is 0 Å². The van der Waals surface area contributed by atoms with Crippen LogP contribution in [-0.2, 0) is 0 Å². The molecule has 2 aromatic heterocycles. The third-order valence-corrected chi connectivity index (χ3v) is 2.20. The van der Waals surface area contributed by atoms with Crippen molar-refractivity contribution in [1.29, 1.82) is 0 Å². The lowest BCUT2D eigenvalue weighted by Crippen LogP contribution is -1.83. The molecule has 0 fully saturated rings. The lowest BCUT2D eigenvalue weighted by molar-refractivity contribution is 0.454. The highest BCUT2D eigenvalue weighted by Gasteiger charge is 2.02. The van der Waals surface area contributed by atoms with E-state index in [-0.39, 0.29) is 5.28 Å². The van der Waals surface area contributed by atoms with Crippen molar-refractivity contribution in [3.8, 4) is 0 Å². The maximum absolute atomic E-state index is 5.60. The minimum absolute atomic E-state index is 0.219. The molecule has 0 aromatic carbocycles. The number of nitrogens with zero attached hydrogens (tertiary/aromatic N) is 3. The van der Waals surface area contributed by atoms with E-state index in [1.807, 2.05) is 0 Å². The highest BCUT2D eigenvalue weighted by molar-refractivity contribution is 7.99. The lowest BCUT2D eigenvalue weighted by atomic mass is 10.7. The van der Waals surface area contributed by atoms with Gasteiger partial charge in [0.2, 0.25) is 5.28 Å². The molecule has 66 valence electrons. The molecule has 0 unspecified atom stereocenters. The lowest BCUT2D eigenvalue weighted by Gasteiger charge is -1.94. The van der Waals surface area contributed by atoms with Gasteiger partial charge in [0.25, 0.3) is 5.22 Å². The second-order valence-electron chi connectivity index (χ2n) is 2.06. The van der Waals surface area contributed by atoms with E-state index in [2.05, 4.69) is 15.0 Å². The van der Waals surface area contributed by atoms with E-state index in [0.717, 1.165) is 0 Å². The standard InChI is InChI=1S/C7H4ClN3OS/c8-6-9-2-1-5(11-6)13-7-10-3-4-12-7/h1-4H. The molecule has 0 aliphatic heterocycles. The minimum atomic E-state index is 0.219. The highest BCUT2D eigenvalue weighted by Crippen LogP contribution is 2.23. The Hall–Kier alpha value is -1.07. The Morgan fingerprint density at radius 3 is 2.92 bits per heavy atom.